The van der Waals surface area contributed by atoms with Gasteiger partial charge in [-0.25, -0.2) is 0 Å². The molecule has 0 unspecified atom stereocenters. The maximum atomic E-state index is 12.3. The van der Waals surface area contributed by atoms with Crippen molar-refractivity contribution in [2.45, 2.75) is 38.8 Å². The summed E-state index contributed by atoms with van der Waals surface area (Å²) in [6, 6.07) is 1.88. The first kappa shape index (κ1) is 13.8. The summed E-state index contributed by atoms with van der Waals surface area (Å²) in [7, 11) is 0. The van der Waals surface area contributed by atoms with Crippen LogP contribution in [0.3, 0.4) is 0 Å². The Hall–Kier alpha value is -1.25. The van der Waals surface area contributed by atoms with Crippen molar-refractivity contribution in [3.63, 3.8) is 0 Å². The SMILES string of the molecule is CCCN(CC(F)(F)F)C(=O)C1(C#N)CCC1. The molecule has 0 aromatic carbocycles. The predicted octanol–water partition coefficient (Wildman–Crippen LogP) is 2.48. The largest absolute Gasteiger partial charge is 0.406 e. The lowest BCUT2D eigenvalue weighted by atomic mass is 9.69. The first-order valence-corrected chi connectivity index (χ1v) is 5.62. The lowest BCUT2D eigenvalue weighted by Crippen LogP contribution is -2.50. The van der Waals surface area contributed by atoms with Crippen LogP contribution < -0.4 is 0 Å². The predicted molar refractivity (Wildman–Crippen MR) is 54.8 cm³/mol. The topological polar surface area (TPSA) is 44.1 Å². The van der Waals surface area contributed by atoms with Crippen LogP contribution in [0.1, 0.15) is 32.6 Å². The number of hydrogen-bond donors (Lipinski definition) is 0. The number of rotatable bonds is 4. The van der Waals surface area contributed by atoms with Crippen LogP contribution in [0.4, 0.5) is 13.2 Å². The van der Waals surface area contributed by atoms with Crippen LogP contribution in [-0.2, 0) is 4.79 Å². The van der Waals surface area contributed by atoms with Crippen molar-refractivity contribution in [3.8, 4) is 6.07 Å². The molecule has 1 rings (SSSR count). The van der Waals surface area contributed by atoms with Gasteiger partial charge in [0.1, 0.15) is 12.0 Å². The number of carbonyl (C=O) groups excluding carboxylic acids is 1. The number of alkyl halides is 3. The maximum absolute atomic E-state index is 12.3. The molecule has 17 heavy (non-hydrogen) atoms. The molecule has 96 valence electrons. The van der Waals surface area contributed by atoms with Gasteiger partial charge in [0.05, 0.1) is 6.07 Å². The number of nitriles is 1. The van der Waals surface area contributed by atoms with Gasteiger partial charge in [0.25, 0.3) is 0 Å². The summed E-state index contributed by atoms with van der Waals surface area (Å²) in [6.07, 6.45) is -2.49. The van der Waals surface area contributed by atoms with Gasteiger partial charge in [-0.3, -0.25) is 4.79 Å². The molecule has 0 aromatic heterocycles. The van der Waals surface area contributed by atoms with E-state index in [4.69, 9.17) is 5.26 Å². The number of carbonyl (C=O) groups is 1. The van der Waals surface area contributed by atoms with E-state index in [9.17, 15) is 18.0 Å². The summed E-state index contributed by atoms with van der Waals surface area (Å²) in [4.78, 5) is 12.7. The Morgan fingerprint density at radius 3 is 2.35 bits per heavy atom. The Labute approximate surface area is 98.2 Å². The normalized spacial score (nSPS) is 18.1. The third-order valence-electron chi connectivity index (χ3n) is 2.98. The minimum atomic E-state index is -4.41. The van der Waals surface area contributed by atoms with Crippen LogP contribution in [0.5, 0.6) is 0 Å². The Morgan fingerprint density at radius 2 is 2.06 bits per heavy atom. The average Bonchev–Trinajstić information content (AvgIpc) is 2.14. The zero-order chi connectivity index (χ0) is 13.1. The Morgan fingerprint density at radius 1 is 1.47 bits per heavy atom. The Bertz CT molecular complexity index is 329. The van der Waals surface area contributed by atoms with Crippen LogP contribution in [0.15, 0.2) is 0 Å². The first-order valence-electron chi connectivity index (χ1n) is 5.62. The molecule has 3 nitrogen and oxygen atoms in total. The van der Waals surface area contributed by atoms with E-state index in [0.717, 1.165) is 11.3 Å². The molecular weight excluding hydrogens is 233 g/mol. The highest BCUT2D eigenvalue weighted by molar-refractivity contribution is 5.86. The molecule has 0 bridgehead atoms. The van der Waals surface area contributed by atoms with Crippen molar-refractivity contribution < 1.29 is 18.0 Å². The second-order valence-electron chi connectivity index (χ2n) is 4.39. The third kappa shape index (κ3) is 3.11. The summed E-state index contributed by atoms with van der Waals surface area (Å²) in [5.41, 5.74) is -1.19. The van der Waals surface area contributed by atoms with E-state index >= 15 is 0 Å². The van der Waals surface area contributed by atoms with Gasteiger partial charge in [0.2, 0.25) is 5.91 Å². The van der Waals surface area contributed by atoms with Crippen LogP contribution in [0.25, 0.3) is 0 Å². The van der Waals surface area contributed by atoms with E-state index in [1.807, 2.05) is 6.07 Å². The molecule has 1 aliphatic rings. The molecule has 1 aliphatic carbocycles. The number of amides is 1. The Balaban J connectivity index is 2.77. The molecule has 0 spiro atoms. The minimum absolute atomic E-state index is 0.0434. The van der Waals surface area contributed by atoms with Crippen molar-refractivity contribution in [2.75, 3.05) is 13.1 Å². The summed E-state index contributed by atoms with van der Waals surface area (Å²) in [5, 5.41) is 8.94. The average molecular weight is 248 g/mol. The fourth-order valence-electron chi connectivity index (χ4n) is 1.95. The number of nitrogens with zero attached hydrogens (tertiary/aromatic N) is 2. The van der Waals surface area contributed by atoms with E-state index in [1.54, 1.807) is 6.92 Å². The van der Waals surface area contributed by atoms with Gasteiger partial charge in [0.15, 0.2) is 0 Å². The molecule has 0 aromatic rings. The van der Waals surface area contributed by atoms with Crippen molar-refractivity contribution >= 4 is 5.91 Å². The highest BCUT2D eigenvalue weighted by atomic mass is 19.4. The van der Waals surface area contributed by atoms with E-state index < -0.39 is 24.0 Å². The van der Waals surface area contributed by atoms with Gasteiger partial charge in [-0.2, -0.15) is 18.4 Å². The van der Waals surface area contributed by atoms with Crippen molar-refractivity contribution in [1.82, 2.24) is 4.90 Å². The van der Waals surface area contributed by atoms with Crippen LogP contribution in [-0.4, -0.2) is 30.1 Å². The lowest BCUT2D eigenvalue weighted by Gasteiger charge is -2.38. The molecular formula is C11H15F3N2O. The van der Waals surface area contributed by atoms with Crippen molar-refractivity contribution in [3.05, 3.63) is 0 Å². The zero-order valence-corrected chi connectivity index (χ0v) is 9.68. The summed E-state index contributed by atoms with van der Waals surface area (Å²) >= 11 is 0. The summed E-state index contributed by atoms with van der Waals surface area (Å²) in [5.74, 6) is -0.662. The smallest absolute Gasteiger partial charge is 0.332 e. The quantitative estimate of drug-likeness (QED) is 0.767. The molecule has 0 heterocycles. The van der Waals surface area contributed by atoms with Crippen molar-refractivity contribution in [1.29, 1.82) is 5.26 Å². The highest BCUT2D eigenvalue weighted by Gasteiger charge is 2.48. The molecule has 1 fully saturated rings. The van der Waals surface area contributed by atoms with Crippen molar-refractivity contribution in [2.24, 2.45) is 5.41 Å². The maximum Gasteiger partial charge on any atom is 0.406 e. The highest BCUT2D eigenvalue weighted by Crippen LogP contribution is 2.42. The monoisotopic (exact) mass is 248 g/mol. The lowest BCUT2D eigenvalue weighted by molar-refractivity contribution is -0.168. The second-order valence-corrected chi connectivity index (χ2v) is 4.39. The van der Waals surface area contributed by atoms with Crippen LogP contribution in [0.2, 0.25) is 0 Å². The van der Waals surface area contributed by atoms with Gasteiger partial charge in [-0.1, -0.05) is 6.92 Å². The van der Waals surface area contributed by atoms with Gasteiger partial charge >= 0.3 is 6.18 Å². The fraction of sp³-hybridized carbons (Fsp3) is 0.818. The number of hydrogen-bond acceptors (Lipinski definition) is 2. The van der Waals surface area contributed by atoms with Gasteiger partial charge in [-0.05, 0) is 25.7 Å². The standard InChI is InChI=1S/C11H15F3N2O/c1-2-6-16(8-11(12,13)14)9(17)10(7-15)4-3-5-10/h2-6,8H2,1H3. The van der Waals surface area contributed by atoms with Crippen LogP contribution in [0, 0.1) is 16.7 Å². The number of halogens is 3. The van der Waals surface area contributed by atoms with E-state index in [2.05, 4.69) is 0 Å². The van der Waals surface area contributed by atoms with Gasteiger partial charge < -0.3 is 4.90 Å². The molecule has 0 aliphatic heterocycles. The molecule has 1 amide bonds. The summed E-state index contributed by atoms with van der Waals surface area (Å²) in [6.45, 7) is 0.487. The molecule has 6 heteroatoms. The van der Waals surface area contributed by atoms with Gasteiger partial charge in [-0.15, -0.1) is 0 Å². The fourth-order valence-corrected chi connectivity index (χ4v) is 1.95. The second kappa shape index (κ2) is 4.94. The summed E-state index contributed by atoms with van der Waals surface area (Å²) < 4.78 is 37.0. The van der Waals surface area contributed by atoms with E-state index in [0.29, 0.717) is 19.3 Å². The van der Waals surface area contributed by atoms with Gasteiger partial charge in [0, 0.05) is 6.54 Å². The zero-order valence-electron chi connectivity index (χ0n) is 9.68. The molecule has 1 saturated carbocycles. The Kier molecular flexibility index (Phi) is 4.02. The van der Waals surface area contributed by atoms with E-state index in [1.165, 1.54) is 0 Å². The molecule has 0 saturated heterocycles. The minimum Gasteiger partial charge on any atom is -0.332 e. The first-order chi connectivity index (χ1) is 7.84. The molecule has 0 N–H and O–H groups in total. The third-order valence-corrected chi connectivity index (χ3v) is 2.98. The molecule has 0 radical (unpaired) electrons. The van der Waals surface area contributed by atoms with E-state index in [-0.39, 0.29) is 6.54 Å². The molecule has 0 atom stereocenters. The van der Waals surface area contributed by atoms with Crippen LogP contribution >= 0.6 is 0 Å².